The molecule has 0 atom stereocenters. The molecule has 0 aliphatic heterocycles. The summed E-state index contributed by atoms with van der Waals surface area (Å²) in [6.45, 7) is 5.48. The van der Waals surface area contributed by atoms with Gasteiger partial charge in [0.1, 0.15) is 0 Å². The number of aromatic amines is 1. The summed E-state index contributed by atoms with van der Waals surface area (Å²) in [5, 5.41) is 4.08. The van der Waals surface area contributed by atoms with Crippen molar-refractivity contribution in [1.82, 2.24) is 23.5 Å². The van der Waals surface area contributed by atoms with Crippen molar-refractivity contribution < 1.29 is 0 Å². The van der Waals surface area contributed by atoms with Crippen molar-refractivity contribution in [2.24, 2.45) is 7.05 Å². The maximum absolute atomic E-state index is 12.4. The molecule has 4 aromatic rings. The molecule has 8 nitrogen and oxygen atoms in total. The number of anilines is 1. The third kappa shape index (κ3) is 2.90. The Labute approximate surface area is 165 Å². The highest BCUT2D eigenvalue weighted by atomic mass is 35.5. The molecule has 0 aliphatic rings. The van der Waals surface area contributed by atoms with Gasteiger partial charge in [0.25, 0.3) is 5.56 Å². The average Bonchev–Trinajstić information content (AvgIpc) is 3.16. The zero-order valence-electron chi connectivity index (χ0n) is 15.9. The predicted octanol–water partition coefficient (Wildman–Crippen LogP) is 2.45. The van der Waals surface area contributed by atoms with E-state index < -0.39 is 11.2 Å². The summed E-state index contributed by atoms with van der Waals surface area (Å²) in [7, 11) is 1.61. The van der Waals surface area contributed by atoms with Crippen LogP contribution in [0, 0.1) is 13.8 Å². The standard InChI is InChI=1S/C19H21ClN6O2/c1-11-12(2)26-15-16(24(3)19(28)23-17(15)27)22-18(26)25(11)10-4-9-21-14-7-5-13(20)6-8-14/h5-8,21H,4,9-10H2,1-3H3,(H,23,27,28). The van der Waals surface area contributed by atoms with Crippen LogP contribution in [-0.2, 0) is 13.6 Å². The lowest BCUT2D eigenvalue weighted by molar-refractivity contribution is 0.659. The lowest BCUT2D eigenvalue weighted by Gasteiger charge is -2.09. The third-order valence-electron chi connectivity index (χ3n) is 5.14. The minimum atomic E-state index is -0.466. The van der Waals surface area contributed by atoms with Gasteiger partial charge < -0.3 is 9.88 Å². The second kappa shape index (κ2) is 6.87. The summed E-state index contributed by atoms with van der Waals surface area (Å²) >= 11 is 5.91. The van der Waals surface area contributed by atoms with Gasteiger partial charge in [0.05, 0.1) is 0 Å². The van der Waals surface area contributed by atoms with Crippen molar-refractivity contribution in [2.75, 3.05) is 11.9 Å². The normalized spacial score (nSPS) is 11.6. The van der Waals surface area contributed by atoms with E-state index in [0.717, 1.165) is 36.6 Å². The third-order valence-corrected chi connectivity index (χ3v) is 5.39. The number of nitrogens with zero attached hydrogens (tertiary/aromatic N) is 4. The van der Waals surface area contributed by atoms with E-state index in [1.165, 1.54) is 4.57 Å². The molecule has 4 rings (SSSR count). The quantitative estimate of drug-likeness (QED) is 0.503. The van der Waals surface area contributed by atoms with E-state index in [2.05, 4.69) is 19.9 Å². The molecule has 0 amide bonds. The van der Waals surface area contributed by atoms with Crippen LogP contribution in [0.1, 0.15) is 17.8 Å². The lowest BCUT2D eigenvalue weighted by atomic mass is 10.3. The molecule has 9 heteroatoms. The largest absolute Gasteiger partial charge is 0.385 e. The Hall–Kier alpha value is -3.00. The Bertz CT molecular complexity index is 1290. The number of benzene rings is 1. The maximum atomic E-state index is 12.4. The Morgan fingerprint density at radius 2 is 1.86 bits per heavy atom. The summed E-state index contributed by atoms with van der Waals surface area (Å²) in [5.74, 6) is 0.670. The van der Waals surface area contributed by atoms with Crippen molar-refractivity contribution >= 4 is 34.2 Å². The van der Waals surface area contributed by atoms with E-state index in [4.69, 9.17) is 11.6 Å². The highest BCUT2D eigenvalue weighted by Gasteiger charge is 2.20. The number of imidazole rings is 2. The van der Waals surface area contributed by atoms with Crippen LogP contribution in [-0.4, -0.2) is 30.0 Å². The lowest BCUT2D eigenvalue weighted by Crippen LogP contribution is -2.28. The summed E-state index contributed by atoms with van der Waals surface area (Å²) < 4.78 is 5.28. The zero-order chi connectivity index (χ0) is 20.0. The highest BCUT2D eigenvalue weighted by Crippen LogP contribution is 2.21. The molecule has 0 fully saturated rings. The van der Waals surface area contributed by atoms with Gasteiger partial charge in [-0.05, 0) is 44.5 Å². The monoisotopic (exact) mass is 400 g/mol. The van der Waals surface area contributed by atoms with E-state index in [-0.39, 0.29) is 0 Å². The fraction of sp³-hybridized carbons (Fsp3) is 0.316. The molecule has 0 bridgehead atoms. The number of fused-ring (bicyclic) bond motifs is 3. The molecule has 1 aromatic carbocycles. The van der Waals surface area contributed by atoms with Gasteiger partial charge in [0.15, 0.2) is 11.2 Å². The summed E-state index contributed by atoms with van der Waals surface area (Å²) in [5.41, 5.74) is 2.90. The SMILES string of the molecule is Cc1c(C)n2c3c(=O)[nH]c(=O)n(C)c3nc2n1CCCNc1ccc(Cl)cc1. The van der Waals surface area contributed by atoms with Gasteiger partial charge in [-0.1, -0.05) is 11.6 Å². The van der Waals surface area contributed by atoms with Crippen LogP contribution in [0.4, 0.5) is 5.69 Å². The second-order valence-electron chi connectivity index (χ2n) is 6.85. The molecule has 28 heavy (non-hydrogen) atoms. The van der Waals surface area contributed by atoms with Gasteiger partial charge in [0, 0.05) is 42.2 Å². The van der Waals surface area contributed by atoms with Crippen LogP contribution in [0.3, 0.4) is 0 Å². The second-order valence-corrected chi connectivity index (χ2v) is 7.28. The van der Waals surface area contributed by atoms with Crippen LogP contribution in [0.5, 0.6) is 0 Å². The Kier molecular flexibility index (Phi) is 4.50. The number of rotatable bonds is 5. The molecular weight excluding hydrogens is 380 g/mol. The van der Waals surface area contributed by atoms with Gasteiger partial charge in [-0.2, -0.15) is 4.98 Å². The molecule has 3 aromatic heterocycles. The van der Waals surface area contributed by atoms with E-state index in [1.807, 2.05) is 42.5 Å². The Morgan fingerprint density at radius 1 is 1.14 bits per heavy atom. The molecule has 0 radical (unpaired) electrons. The zero-order valence-corrected chi connectivity index (χ0v) is 16.7. The molecule has 0 unspecified atom stereocenters. The first kappa shape index (κ1) is 18.4. The fourth-order valence-corrected chi connectivity index (χ4v) is 3.61. The summed E-state index contributed by atoms with van der Waals surface area (Å²) in [6, 6.07) is 7.59. The number of H-pyrrole nitrogens is 1. The van der Waals surface area contributed by atoms with E-state index in [9.17, 15) is 9.59 Å². The number of hydrogen-bond donors (Lipinski definition) is 2. The highest BCUT2D eigenvalue weighted by molar-refractivity contribution is 6.30. The Balaban J connectivity index is 1.64. The van der Waals surface area contributed by atoms with Gasteiger partial charge in [0.2, 0.25) is 5.78 Å². The summed E-state index contributed by atoms with van der Waals surface area (Å²) in [4.78, 5) is 31.2. The van der Waals surface area contributed by atoms with E-state index in [0.29, 0.717) is 22.0 Å². The van der Waals surface area contributed by atoms with Gasteiger partial charge in [-0.15, -0.1) is 0 Å². The van der Waals surface area contributed by atoms with Crippen LogP contribution in [0.25, 0.3) is 16.9 Å². The number of nitrogens with one attached hydrogen (secondary N) is 2. The average molecular weight is 401 g/mol. The molecule has 0 saturated carbocycles. The van der Waals surface area contributed by atoms with Crippen LogP contribution < -0.4 is 16.6 Å². The van der Waals surface area contributed by atoms with Crippen LogP contribution in [0.2, 0.25) is 5.02 Å². The number of aryl methyl sites for hydroxylation is 3. The molecule has 2 N–H and O–H groups in total. The van der Waals surface area contributed by atoms with Crippen molar-refractivity contribution in [2.45, 2.75) is 26.8 Å². The minimum Gasteiger partial charge on any atom is -0.385 e. The van der Waals surface area contributed by atoms with Crippen molar-refractivity contribution in [3.05, 3.63) is 61.5 Å². The first-order chi connectivity index (χ1) is 13.4. The molecule has 0 aliphatic carbocycles. The molecule has 0 saturated heterocycles. The number of hydrogen-bond acceptors (Lipinski definition) is 4. The Morgan fingerprint density at radius 3 is 2.57 bits per heavy atom. The van der Waals surface area contributed by atoms with Crippen molar-refractivity contribution in [3.63, 3.8) is 0 Å². The van der Waals surface area contributed by atoms with Crippen LogP contribution in [0.15, 0.2) is 33.9 Å². The molecule has 146 valence electrons. The first-order valence-electron chi connectivity index (χ1n) is 9.05. The molecule has 0 spiro atoms. The number of aromatic nitrogens is 5. The van der Waals surface area contributed by atoms with Gasteiger partial charge in [-0.3, -0.25) is 18.7 Å². The van der Waals surface area contributed by atoms with Gasteiger partial charge in [-0.25, -0.2) is 4.79 Å². The predicted molar refractivity (Wildman–Crippen MR) is 111 cm³/mol. The van der Waals surface area contributed by atoms with E-state index in [1.54, 1.807) is 7.05 Å². The van der Waals surface area contributed by atoms with Crippen molar-refractivity contribution in [1.29, 1.82) is 0 Å². The molecule has 3 heterocycles. The van der Waals surface area contributed by atoms with Crippen LogP contribution >= 0.6 is 11.6 Å². The summed E-state index contributed by atoms with van der Waals surface area (Å²) in [6.07, 6.45) is 0.867. The fourth-order valence-electron chi connectivity index (χ4n) is 3.48. The smallest absolute Gasteiger partial charge is 0.329 e. The number of halogens is 1. The van der Waals surface area contributed by atoms with E-state index >= 15 is 0 Å². The maximum Gasteiger partial charge on any atom is 0.329 e. The topological polar surface area (TPSA) is 89.1 Å². The first-order valence-corrected chi connectivity index (χ1v) is 9.43. The molecular formula is C19H21ClN6O2. The minimum absolute atomic E-state index is 0.389. The van der Waals surface area contributed by atoms with Gasteiger partial charge >= 0.3 is 5.69 Å². The van der Waals surface area contributed by atoms with Crippen molar-refractivity contribution in [3.8, 4) is 0 Å².